The number of H-pyrrole nitrogens is 1. The fraction of sp³-hybridized carbons (Fsp3) is 0.333. The first-order chi connectivity index (χ1) is 15.6. The van der Waals surface area contributed by atoms with Crippen LogP contribution < -0.4 is 9.88 Å². The number of hydrogen-bond donors (Lipinski definition) is 1. The molecule has 2 fully saturated rings. The third-order valence-corrected chi connectivity index (χ3v) is 6.34. The lowest BCUT2D eigenvalue weighted by Crippen LogP contribution is -3.14. The Balaban J connectivity index is 1.47. The van der Waals surface area contributed by atoms with Gasteiger partial charge in [-0.15, -0.1) is 0 Å². The number of ketones is 2. The van der Waals surface area contributed by atoms with Crippen LogP contribution in [0.5, 0.6) is 0 Å². The van der Waals surface area contributed by atoms with Crippen molar-refractivity contribution in [2.24, 2.45) is 5.92 Å². The number of quaternary nitrogens is 1. The molecule has 2 aliphatic heterocycles. The molecule has 2 aliphatic rings. The number of nitrogens with zero attached hydrogens (tertiary/aromatic N) is 1. The van der Waals surface area contributed by atoms with Crippen molar-refractivity contribution in [1.29, 1.82) is 0 Å². The average molecular weight is 435 g/mol. The highest BCUT2D eigenvalue weighted by molar-refractivity contribution is 6.43. The van der Waals surface area contributed by atoms with E-state index in [9.17, 15) is 14.4 Å². The van der Waals surface area contributed by atoms with Gasteiger partial charge in [0, 0.05) is 17.0 Å². The van der Waals surface area contributed by atoms with Gasteiger partial charge in [-0.05, 0) is 18.2 Å². The molecule has 1 aromatic carbocycles. The summed E-state index contributed by atoms with van der Waals surface area (Å²) in [7, 11) is 0. The Labute approximate surface area is 184 Å². The van der Waals surface area contributed by atoms with Gasteiger partial charge in [0.1, 0.15) is 24.6 Å². The highest BCUT2D eigenvalue weighted by atomic mass is 16.5. The first-order valence-corrected chi connectivity index (χ1v) is 10.9. The zero-order chi connectivity index (χ0) is 22.1. The number of Topliss-reactive ketones (excluding diaryl/α,β-unsaturated/α-hetero) is 2. The molecule has 0 radical (unpaired) electrons. The second-order valence-corrected chi connectivity index (χ2v) is 8.25. The number of nitrogens with one attached hydrogen (secondary N) is 2. The molecule has 0 spiro atoms. The summed E-state index contributed by atoms with van der Waals surface area (Å²) in [6.07, 6.45) is 3.49. The Kier molecular flexibility index (Phi) is 5.55. The number of aromatic nitrogens is 1. The molecule has 8 nitrogen and oxygen atoms in total. The summed E-state index contributed by atoms with van der Waals surface area (Å²) in [6.45, 7) is 4.19. The van der Waals surface area contributed by atoms with Gasteiger partial charge in [-0.25, -0.2) is 4.98 Å². The minimum atomic E-state index is -1.14. The van der Waals surface area contributed by atoms with Crippen molar-refractivity contribution >= 4 is 28.4 Å². The van der Waals surface area contributed by atoms with Gasteiger partial charge in [-0.2, -0.15) is 0 Å². The summed E-state index contributed by atoms with van der Waals surface area (Å²) in [5.41, 5.74) is 1.29. The van der Waals surface area contributed by atoms with E-state index >= 15 is 0 Å². The van der Waals surface area contributed by atoms with E-state index in [-0.39, 0.29) is 5.76 Å². The number of likely N-dealkylation sites (tertiary alicyclic amines) is 1. The molecule has 0 aliphatic carbocycles. The summed E-state index contributed by atoms with van der Waals surface area (Å²) < 4.78 is 11.2. The zero-order valence-electron chi connectivity index (χ0n) is 17.6. The van der Waals surface area contributed by atoms with E-state index in [0.717, 1.165) is 24.0 Å². The van der Waals surface area contributed by atoms with Crippen molar-refractivity contribution in [1.82, 2.24) is 4.90 Å². The van der Waals surface area contributed by atoms with Crippen LogP contribution in [0.4, 0.5) is 0 Å². The van der Waals surface area contributed by atoms with Crippen LogP contribution in [-0.2, 0) is 14.3 Å². The summed E-state index contributed by atoms with van der Waals surface area (Å²) in [5.74, 6) is -2.79. The Morgan fingerprint density at radius 3 is 2.69 bits per heavy atom. The van der Waals surface area contributed by atoms with Crippen molar-refractivity contribution in [2.75, 3.05) is 39.4 Å². The van der Waals surface area contributed by atoms with Crippen LogP contribution >= 0.6 is 0 Å². The Morgan fingerprint density at radius 1 is 1.12 bits per heavy atom. The highest BCUT2D eigenvalue weighted by Crippen LogP contribution is 2.38. The molecule has 0 saturated carbocycles. The third kappa shape index (κ3) is 3.72. The van der Waals surface area contributed by atoms with Crippen molar-refractivity contribution in [3.63, 3.8) is 0 Å². The van der Waals surface area contributed by atoms with Gasteiger partial charge in [0.05, 0.1) is 32.3 Å². The lowest BCUT2D eigenvalue weighted by molar-refractivity contribution is -0.907. The number of morpholine rings is 1. The van der Waals surface area contributed by atoms with E-state index in [1.807, 2.05) is 24.3 Å². The molecule has 8 heteroatoms. The topological polar surface area (TPSA) is 95.4 Å². The standard InChI is InChI=1S/C24H23N3O5/c28-22(19-14-16-4-1-2-6-18(16)32-19)20-21(17-5-3-7-25-15-17)27(24(30)23(20)29)9-8-26-10-12-31-13-11-26/h1-7,14-15,20-21H,8-13H2/p+2. The Bertz CT molecular complexity index is 1120. The number of para-hydroxylation sites is 1. The maximum atomic E-state index is 13.5. The highest BCUT2D eigenvalue weighted by Gasteiger charge is 2.53. The van der Waals surface area contributed by atoms with Gasteiger partial charge in [0.25, 0.3) is 5.91 Å². The molecule has 1 amide bonds. The number of amides is 1. The van der Waals surface area contributed by atoms with Crippen LogP contribution in [-0.4, -0.2) is 61.8 Å². The van der Waals surface area contributed by atoms with Gasteiger partial charge in [0.2, 0.25) is 11.6 Å². The molecule has 3 aromatic rings. The first-order valence-electron chi connectivity index (χ1n) is 10.9. The quantitative estimate of drug-likeness (QED) is 0.337. The van der Waals surface area contributed by atoms with Crippen LogP contribution in [0.3, 0.4) is 0 Å². The Morgan fingerprint density at radius 2 is 1.94 bits per heavy atom. The van der Waals surface area contributed by atoms with Crippen molar-refractivity contribution in [3.8, 4) is 0 Å². The number of furan rings is 1. The summed E-state index contributed by atoms with van der Waals surface area (Å²) in [5, 5.41) is 0.782. The number of rotatable bonds is 6. The second kappa shape index (κ2) is 8.64. The molecule has 4 heterocycles. The average Bonchev–Trinajstić information content (AvgIpc) is 3.38. The zero-order valence-corrected chi connectivity index (χ0v) is 17.6. The lowest BCUT2D eigenvalue weighted by Gasteiger charge is -2.29. The maximum absolute atomic E-state index is 13.5. The number of carbonyl (C=O) groups excluding carboxylic acids is 3. The van der Waals surface area contributed by atoms with E-state index in [1.165, 1.54) is 4.90 Å². The molecule has 2 aromatic heterocycles. The number of hydrogen-bond acceptors (Lipinski definition) is 5. The monoisotopic (exact) mass is 435 g/mol. The molecule has 0 bridgehead atoms. The van der Waals surface area contributed by atoms with E-state index in [2.05, 4.69) is 4.98 Å². The van der Waals surface area contributed by atoms with E-state index < -0.39 is 29.4 Å². The second-order valence-electron chi connectivity index (χ2n) is 8.25. The van der Waals surface area contributed by atoms with Crippen LogP contribution in [0.1, 0.15) is 22.2 Å². The largest absolute Gasteiger partial charge is 0.453 e. The van der Waals surface area contributed by atoms with Crippen LogP contribution in [0.2, 0.25) is 0 Å². The fourth-order valence-corrected chi connectivity index (χ4v) is 4.64. The molecular formula is C24H25N3O5+2. The molecule has 5 rings (SSSR count). The number of ether oxygens (including phenoxy) is 1. The molecule has 2 atom stereocenters. The SMILES string of the molecule is O=C1C(=O)N(CC[NH+]2CCOCC2)C(c2ccc[nH+]c2)C1C(=O)c1cc2ccccc2o1. The Hall–Kier alpha value is -3.36. The van der Waals surface area contributed by atoms with E-state index in [4.69, 9.17) is 9.15 Å². The molecule has 32 heavy (non-hydrogen) atoms. The smallest absolute Gasteiger partial charge is 0.291 e. The molecule has 164 valence electrons. The number of benzene rings is 1. The summed E-state index contributed by atoms with van der Waals surface area (Å²) in [4.78, 5) is 45.5. The van der Waals surface area contributed by atoms with Crippen LogP contribution in [0, 0.1) is 5.92 Å². The van der Waals surface area contributed by atoms with Gasteiger partial charge in [0.15, 0.2) is 18.2 Å². The van der Waals surface area contributed by atoms with Crippen LogP contribution in [0.25, 0.3) is 11.0 Å². The molecule has 2 unspecified atom stereocenters. The van der Waals surface area contributed by atoms with Crippen molar-refractivity contribution in [2.45, 2.75) is 6.04 Å². The van der Waals surface area contributed by atoms with Gasteiger partial charge < -0.3 is 19.0 Å². The molecular weight excluding hydrogens is 410 g/mol. The predicted molar refractivity (Wildman–Crippen MR) is 113 cm³/mol. The number of aromatic amines is 1. The summed E-state index contributed by atoms with van der Waals surface area (Å²) in [6, 6.07) is 11.9. The third-order valence-electron chi connectivity index (χ3n) is 6.34. The molecule has 2 N–H and O–H groups in total. The van der Waals surface area contributed by atoms with Crippen molar-refractivity contribution < 1.29 is 33.4 Å². The van der Waals surface area contributed by atoms with Gasteiger partial charge >= 0.3 is 0 Å². The van der Waals surface area contributed by atoms with Crippen LogP contribution in [0.15, 0.2) is 59.3 Å². The minimum absolute atomic E-state index is 0.0999. The first kappa shape index (κ1) is 20.5. The van der Waals surface area contributed by atoms with Gasteiger partial charge in [-0.3, -0.25) is 14.4 Å². The fourth-order valence-electron chi connectivity index (χ4n) is 4.64. The maximum Gasteiger partial charge on any atom is 0.291 e. The number of fused-ring (bicyclic) bond motifs is 1. The van der Waals surface area contributed by atoms with E-state index in [1.54, 1.807) is 35.5 Å². The van der Waals surface area contributed by atoms with Gasteiger partial charge in [-0.1, -0.05) is 18.2 Å². The normalized spacial score (nSPS) is 22.1. The van der Waals surface area contributed by atoms with E-state index in [0.29, 0.717) is 31.9 Å². The summed E-state index contributed by atoms with van der Waals surface area (Å²) >= 11 is 0. The number of carbonyl (C=O) groups is 3. The predicted octanol–water partition coefficient (Wildman–Crippen LogP) is 0.114. The molecule has 2 saturated heterocycles. The van der Waals surface area contributed by atoms with Crippen molar-refractivity contribution in [3.05, 3.63) is 66.2 Å². The number of pyridine rings is 1. The lowest BCUT2D eigenvalue weighted by atomic mass is 9.89. The minimum Gasteiger partial charge on any atom is -0.453 e.